The Labute approximate surface area is 185 Å². The molecule has 1 unspecified atom stereocenters. The zero-order valence-corrected chi connectivity index (χ0v) is 18.4. The zero-order chi connectivity index (χ0) is 21.4. The highest BCUT2D eigenvalue weighted by Gasteiger charge is 2.48. The largest absolute Gasteiger partial charge is 0.351 e. The molecule has 0 spiro atoms. The molecule has 1 N–H and O–H groups in total. The molecule has 2 aliphatic rings. The molecule has 1 fully saturated rings. The molecule has 3 aromatic rings. The van der Waals surface area contributed by atoms with Crippen LogP contribution in [0.25, 0.3) is 10.6 Å². The number of benzene rings is 1. The van der Waals surface area contributed by atoms with Crippen LogP contribution in [0.15, 0.2) is 53.9 Å². The van der Waals surface area contributed by atoms with E-state index in [2.05, 4.69) is 5.32 Å². The molecule has 160 valence electrons. The number of thiophene rings is 1. The SMILES string of the molecule is CC1(C(=O)NC2CCCC2)Cn2nc(-c3cccs3)cc2C(=O)N1Cc1ccccc1. The van der Waals surface area contributed by atoms with E-state index in [9.17, 15) is 9.59 Å². The predicted molar refractivity (Wildman–Crippen MR) is 121 cm³/mol. The number of rotatable bonds is 5. The van der Waals surface area contributed by atoms with Gasteiger partial charge in [0.25, 0.3) is 5.91 Å². The number of carbonyl (C=O) groups excluding carboxylic acids is 2. The molecule has 31 heavy (non-hydrogen) atoms. The Kier molecular flexibility index (Phi) is 5.14. The van der Waals surface area contributed by atoms with Crippen molar-refractivity contribution >= 4 is 23.2 Å². The molecule has 1 aliphatic heterocycles. The van der Waals surface area contributed by atoms with E-state index in [-0.39, 0.29) is 17.9 Å². The van der Waals surface area contributed by atoms with Crippen LogP contribution in [0.3, 0.4) is 0 Å². The number of carbonyl (C=O) groups is 2. The lowest BCUT2D eigenvalue weighted by atomic mass is 9.93. The van der Waals surface area contributed by atoms with Gasteiger partial charge in [-0.3, -0.25) is 14.3 Å². The first-order valence-corrected chi connectivity index (χ1v) is 11.7. The van der Waals surface area contributed by atoms with Crippen molar-refractivity contribution in [3.8, 4) is 10.6 Å². The molecule has 1 atom stereocenters. The number of nitrogens with zero attached hydrogens (tertiary/aromatic N) is 3. The van der Waals surface area contributed by atoms with Gasteiger partial charge in [-0.05, 0) is 42.8 Å². The van der Waals surface area contributed by atoms with Crippen molar-refractivity contribution in [3.63, 3.8) is 0 Å². The summed E-state index contributed by atoms with van der Waals surface area (Å²) in [6.45, 7) is 2.59. The number of nitrogens with one attached hydrogen (secondary N) is 1. The van der Waals surface area contributed by atoms with Gasteiger partial charge in [-0.15, -0.1) is 11.3 Å². The fourth-order valence-electron chi connectivity index (χ4n) is 4.61. The molecule has 2 amide bonds. The second kappa shape index (κ2) is 7.96. The molecule has 3 heterocycles. The Morgan fingerprint density at radius 3 is 2.68 bits per heavy atom. The summed E-state index contributed by atoms with van der Waals surface area (Å²) in [5.74, 6) is -0.253. The van der Waals surface area contributed by atoms with Crippen LogP contribution in [0.5, 0.6) is 0 Å². The number of hydrogen-bond donors (Lipinski definition) is 1. The molecule has 0 bridgehead atoms. The van der Waals surface area contributed by atoms with E-state index in [4.69, 9.17) is 5.10 Å². The Balaban J connectivity index is 1.52. The summed E-state index contributed by atoms with van der Waals surface area (Å²) in [7, 11) is 0. The van der Waals surface area contributed by atoms with E-state index < -0.39 is 5.54 Å². The van der Waals surface area contributed by atoms with E-state index in [1.54, 1.807) is 20.9 Å². The van der Waals surface area contributed by atoms with Gasteiger partial charge >= 0.3 is 0 Å². The summed E-state index contributed by atoms with van der Waals surface area (Å²) in [6, 6.07) is 15.9. The van der Waals surface area contributed by atoms with Gasteiger partial charge in [-0.25, -0.2) is 0 Å². The maximum Gasteiger partial charge on any atom is 0.273 e. The average Bonchev–Trinajstić information content (AvgIpc) is 3.53. The Bertz CT molecular complexity index is 1090. The molecule has 1 saturated carbocycles. The topological polar surface area (TPSA) is 67.2 Å². The summed E-state index contributed by atoms with van der Waals surface area (Å²) in [5, 5.41) is 9.91. The van der Waals surface area contributed by atoms with E-state index in [0.29, 0.717) is 18.8 Å². The molecule has 1 aromatic carbocycles. The summed E-state index contributed by atoms with van der Waals surface area (Å²) in [4.78, 5) is 29.9. The van der Waals surface area contributed by atoms with Gasteiger partial charge in [0.05, 0.1) is 11.4 Å². The van der Waals surface area contributed by atoms with Crippen molar-refractivity contribution in [1.82, 2.24) is 20.0 Å². The van der Waals surface area contributed by atoms with Crippen LogP contribution in [0.1, 0.15) is 48.7 Å². The smallest absolute Gasteiger partial charge is 0.273 e. The van der Waals surface area contributed by atoms with Crippen molar-refractivity contribution in [2.24, 2.45) is 0 Å². The van der Waals surface area contributed by atoms with Crippen LogP contribution in [-0.4, -0.2) is 38.1 Å². The van der Waals surface area contributed by atoms with Gasteiger partial charge in [-0.1, -0.05) is 49.2 Å². The van der Waals surface area contributed by atoms with Gasteiger partial charge in [0.1, 0.15) is 16.9 Å². The van der Waals surface area contributed by atoms with Crippen LogP contribution >= 0.6 is 11.3 Å². The third-order valence-corrected chi connectivity index (χ3v) is 7.33. The van der Waals surface area contributed by atoms with Crippen LogP contribution in [0, 0.1) is 0 Å². The van der Waals surface area contributed by atoms with E-state index in [1.165, 1.54) is 0 Å². The average molecular weight is 435 g/mol. The lowest BCUT2D eigenvalue weighted by Gasteiger charge is -2.43. The lowest BCUT2D eigenvalue weighted by Crippen LogP contribution is -2.64. The summed E-state index contributed by atoms with van der Waals surface area (Å²) < 4.78 is 1.72. The minimum Gasteiger partial charge on any atom is -0.351 e. The molecule has 2 aromatic heterocycles. The third-order valence-electron chi connectivity index (χ3n) is 6.43. The first kappa shape index (κ1) is 20.0. The Morgan fingerprint density at radius 2 is 1.97 bits per heavy atom. The van der Waals surface area contributed by atoms with Crippen LogP contribution < -0.4 is 5.32 Å². The van der Waals surface area contributed by atoms with E-state index >= 15 is 0 Å². The van der Waals surface area contributed by atoms with Gasteiger partial charge < -0.3 is 10.2 Å². The first-order chi connectivity index (χ1) is 15.0. The fourth-order valence-corrected chi connectivity index (χ4v) is 5.29. The van der Waals surface area contributed by atoms with Crippen molar-refractivity contribution < 1.29 is 9.59 Å². The zero-order valence-electron chi connectivity index (χ0n) is 17.6. The fraction of sp³-hybridized carbons (Fsp3) is 0.375. The normalized spacial score (nSPS) is 21.3. The minimum absolute atomic E-state index is 0.0949. The summed E-state index contributed by atoms with van der Waals surface area (Å²) in [6.07, 6.45) is 4.29. The van der Waals surface area contributed by atoms with Crippen LogP contribution in [0.2, 0.25) is 0 Å². The molecule has 5 rings (SSSR count). The van der Waals surface area contributed by atoms with Gasteiger partial charge in [0.15, 0.2) is 0 Å². The first-order valence-electron chi connectivity index (χ1n) is 10.8. The standard InChI is InChI=1S/C24H26N4O2S/c1-24(23(30)25-18-10-5-6-11-18)16-28-20(14-19(26-28)21-12-7-13-31-21)22(29)27(24)15-17-8-3-2-4-9-17/h2-4,7-9,12-14,18H,5-6,10-11,15-16H2,1H3,(H,25,30). The number of aromatic nitrogens is 2. The van der Waals surface area contributed by atoms with Gasteiger partial charge in [0, 0.05) is 12.6 Å². The molecule has 1 aliphatic carbocycles. The quantitative estimate of drug-likeness (QED) is 0.658. The monoisotopic (exact) mass is 434 g/mol. The third kappa shape index (κ3) is 3.67. The maximum atomic E-state index is 13.6. The Morgan fingerprint density at radius 1 is 1.19 bits per heavy atom. The van der Waals surface area contributed by atoms with E-state index in [1.807, 2.05) is 60.8 Å². The predicted octanol–water partition coefficient (Wildman–Crippen LogP) is 4.09. The number of fused-ring (bicyclic) bond motifs is 1. The van der Waals surface area contributed by atoms with Crippen LogP contribution in [-0.2, 0) is 17.9 Å². The highest BCUT2D eigenvalue weighted by molar-refractivity contribution is 7.13. The Hall–Kier alpha value is -2.93. The lowest BCUT2D eigenvalue weighted by molar-refractivity contribution is -0.134. The highest BCUT2D eigenvalue weighted by Crippen LogP contribution is 2.33. The molecule has 7 heteroatoms. The van der Waals surface area contributed by atoms with E-state index in [0.717, 1.165) is 41.8 Å². The highest BCUT2D eigenvalue weighted by atomic mass is 32.1. The second-order valence-electron chi connectivity index (χ2n) is 8.66. The van der Waals surface area contributed by atoms with Crippen molar-refractivity contribution in [1.29, 1.82) is 0 Å². The molecular formula is C24H26N4O2S. The van der Waals surface area contributed by atoms with Crippen molar-refractivity contribution in [2.45, 2.75) is 57.3 Å². The summed E-state index contributed by atoms with van der Waals surface area (Å²) in [5.41, 5.74) is 1.30. The second-order valence-corrected chi connectivity index (χ2v) is 9.60. The van der Waals surface area contributed by atoms with Crippen LogP contribution in [0.4, 0.5) is 0 Å². The molecular weight excluding hydrogens is 408 g/mol. The van der Waals surface area contributed by atoms with Crippen molar-refractivity contribution in [3.05, 3.63) is 65.2 Å². The number of amides is 2. The molecule has 6 nitrogen and oxygen atoms in total. The minimum atomic E-state index is -1.01. The van der Waals surface area contributed by atoms with Gasteiger partial charge in [0.2, 0.25) is 5.91 Å². The number of hydrogen-bond acceptors (Lipinski definition) is 4. The van der Waals surface area contributed by atoms with Gasteiger partial charge in [-0.2, -0.15) is 5.10 Å². The van der Waals surface area contributed by atoms with Crippen molar-refractivity contribution in [2.75, 3.05) is 0 Å². The summed E-state index contributed by atoms with van der Waals surface area (Å²) >= 11 is 1.59. The molecule has 0 radical (unpaired) electrons. The molecule has 0 saturated heterocycles. The maximum absolute atomic E-state index is 13.6.